The zero-order valence-corrected chi connectivity index (χ0v) is 13.8. The molecule has 1 atom stereocenters. The summed E-state index contributed by atoms with van der Waals surface area (Å²) in [5.74, 6) is -0.474. The van der Waals surface area contributed by atoms with Gasteiger partial charge in [0.25, 0.3) is 11.5 Å². The molecule has 1 aliphatic rings. The monoisotopic (exact) mass is 334 g/mol. The lowest BCUT2D eigenvalue weighted by Crippen LogP contribution is -2.45. The van der Waals surface area contributed by atoms with Crippen molar-refractivity contribution in [1.82, 2.24) is 20.2 Å². The van der Waals surface area contributed by atoms with E-state index in [-0.39, 0.29) is 17.4 Å². The molecule has 1 saturated heterocycles. The molecule has 8 heteroatoms. The number of thiophene rings is 1. The van der Waals surface area contributed by atoms with Crippen LogP contribution in [0, 0.1) is 6.92 Å². The van der Waals surface area contributed by atoms with E-state index in [2.05, 4.69) is 15.6 Å². The van der Waals surface area contributed by atoms with Crippen molar-refractivity contribution in [3.05, 3.63) is 27.1 Å². The quantitative estimate of drug-likeness (QED) is 0.845. The van der Waals surface area contributed by atoms with Gasteiger partial charge in [0.15, 0.2) is 0 Å². The fourth-order valence-corrected chi connectivity index (χ4v) is 3.77. The number of nitrogens with zero attached hydrogens (tertiary/aromatic N) is 2. The highest BCUT2D eigenvalue weighted by atomic mass is 32.1. The number of amides is 2. The van der Waals surface area contributed by atoms with Crippen molar-refractivity contribution in [3.8, 4) is 0 Å². The largest absolute Gasteiger partial charge is 0.354 e. The molecule has 2 amide bonds. The lowest BCUT2D eigenvalue weighted by molar-refractivity contribution is -0.122. The SMILES string of the molecule is Cc1c(C(=O)NC2CCCCNC2=O)sc2ncn(C)c(=O)c12. The summed E-state index contributed by atoms with van der Waals surface area (Å²) < 4.78 is 1.39. The van der Waals surface area contributed by atoms with Crippen LogP contribution in [0.5, 0.6) is 0 Å². The van der Waals surface area contributed by atoms with Gasteiger partial charge in [0, 0.05) is 13.6 Å². The summed E-state index contributed by atoms with van der Waals surface area (Å²) in [4.78, 5) is 41.9. The molecule has 1 unspecified atom stereocenters. The van der Waals surface area contributed by atoms with Crippen LogP contribution in [-0.2, 0) is 11.8 Å². The number of aromatic nitrogens is 2. The van der Waals surface area contributed by atoms with Gasteiger partial charge in [-0.1, -0.05) is 0 Å². The predicted molar refractivity (Wildman–Crippen MR) is 87.7 cm³/mol. The summed E-state index contributed by atoms with van der Waals surface area (Å²) in [6, 6.07) is -0.523. The Bertz CT molecular complexity index is 839. The van der Waals surface area contributed by atoms with Gasteiger partial charge in [-0.2, -0.15) is 0 Å². The average Bonchev–Trinajstić information content (AvgIpc) is 2.73. The first-order valence-electron chi connectivity index (χ1n) is 7.52. The van der Waals surface area contributed by atoms with Gasteiger partial charge in [-0.3, -0.25) is 14.4 Å². The molecule has 0 bridgehead atoms. The Balaban J connectivity index is 1.92. The van der Waals surface area contributed by atoms with Crippen molar-refractivity contribution in [2.24, 2.45) is 7.05 Å². The maximum absolute atomic E-state index is 12.5. The normalized spacial score (nSPS) is 18.5. The van der Waals surface area contributed by atoms with Gasteiger partial charge in [-0.25, -0.2) is 4.98 Å². The van der Waals surface area contributed by atoms with Crippen LogP contribution in [0.2, 0.25) is 0 Å². The van der Waals surface area contributed by atoms with Gasteiger partial charge in [-0.15, -0.1) is 11.3 Å². The van der Waals surface area contributed by atoms with Crippen molar-refractivity contribution in [2.75, 3.05) is 6.54 Å². The lowest BCUT2D eigenvalue weighted by Gasteiger charge is -2.14. The van der Waals surface area contributed by atoms with Crippen molar-refractivity contribution < 1.29 is 9.59 Å². The standard InChI is InChI=1S/C15H18N4O3S/c1-8-10-14(17-7-19(2)15(10)22)23-11(8)13(21)18-9-5-3-4-6-16-12(9)20/h7,9H,3-6H2,1-2H3,(H,16,20)(H,18,21). The highest BCUT2D eigenvalue weighted by molar-refractivity contribution is 7.20. The number of fused-ring (bicyclic) bond motifs is 1. The van der Waals surface area contributed by atoms with Crippen molar-refractivity contribution >= 4 is 33.4 Å². The van der Waals surface area contributed by atoms with Gasteiger partial charge in [0.1, 0.15) is 10.9 Å². The van der Waals surface area contributed by atoms with Gasteiger partial charge in [-0.05, 0) is 31.7 Å². The molecule has 122 valence electrons. The summed E-state index contributed by atoms with van der Waals surface area (Å²) in [7, 11) is 1.63. The minimum atomic E-state index is -0.523. The van der Waals surface area contributed by atoms with E-state index in [1.807, 2.05) is 0 Å². The lowest BCUT2D eigenvalue weighted by atomic mass is 10.1. The molecule has 0 aromatic carbocycles. The molecule has 2 aromatic heterocycles. The Morgan fingerprint density at radius 2 is 2.22 bits per heavy atom. The van der Waals surface area contributed by atoms with E-state index < -0.39 is 6.04 Å². The molecule has 3 heterocycles. The number of carbonyl (C=O) groups excluding carboxylic acids is 2. The number of hydrogen-bond donors (Lipinski definition) is 2. The van der Waals surface area contributed by atoms with Crippen molar-refractivity contribution in [1.29, 1.82) is 0 Å². The molecule has 0 saturated carbocycles. The van der Waals surface area contributed by atoms with E-state index in [0.29, 0.717) is 33.6 Å². The third kappa shape index (κ3) is 2.86. The highest BCUT2D eigenvalue weighted by Gasteiger charge is 2.25. The van der Waals surface area contributed by atoms with E-state index in [0.717, 1.165) is 12.8 Å². The number of rotatable bonds is 2. The van der Waals surface area contributed by atoms with Crippen LogP contribution < -0.4 is 16.2 Å². The van der Waals surface area contributed by atoms with Crippen LogP contribution in [-0.4, -0.2) is 34.0 Å². The molecular weight excluding hydrogens is 316 g/mol. The Kier molecular flexibility index (Phi) is 4.16. The molecule has 0 spiro atoms. The van der Waals surface area contributed by atoms with Crippen molar-refractivity contribution in [3.63, 3.8) is 0 Å². The summed E-state index contributed by atoms with van der Waals surface area (Å²) >= 11 is 1.18. The third-order valence-corrected chi connectivity index (χ3v) is 5.26. The predicted octanol–water partition coefficient (Wildman–Crippen LogP) is 0.702. The summed E-state index contributed by atoms with van der Waals surface area (Å²) in [5, 5.41) is 6.04. The molecule has 2 aromatic rings. The highest BCUT2D eigenvalue weighted by Crippen LogP contribution is 2.26. The second-order valence-electron chi connectivity index (χ2n) is 5.71. The minimum absolute atomic E-state index is 0.149. The molecule has 1 aliphatic heterocycles. The van der Waals surface area contributed by atoms with Crippen LogP contribution in [0.15, 0.2) is 11.1 Å². The first kappa shape index (κ1) is 15.7. The van der Waals surface area contributed by atoms with Gasteiger partial charge < -0.3 is 15.2 Å². The second-order valence-corrected chi connectivity index (χ2v) is 6.71. The molecule has 23 heavy (non-hydrogen) atoms. The number of nitrogens with one attached hydrogen (secondary N) is 2. The zero-order chi connectivity index (χ0) is 16.6. The maximum Gasteiger partial charge on any atom is 0.262 e. The first-order chi connectivity index (χ1) is 11.0. The summed E-state index contributed by atoms with van der Waals surface area (Å²) in [5.41, 5.74) is 0.445. The van der Waals surface area contributed by atoms with Crippen molar-refractivity contribution in [2.45, 2.75) is 32.2 Å². The Labute approximate surface area is 136 Å². The second kappa shape index (κ2) is 6.11. The van der Waals surface area contributed by atoms with E-state index in [4.69, 9.17) is 0 Å². The van der Waals surface area contributed by atoms with E-state index in [9.17, 15) is 14.4 Å². The molecule has 1 fully saturated rings. The Hall–Kier alpha value is -2.22. The fraction of sp³-hybridized carbons (Fsp3) is 0.467. The number of hydrogen-bond acceptors (Lipinski definition) is 5. The van der Waals surface area contributed by atoms with Gasteiger partial charge in [0.05, 0.1) is 16.6 Å². The van der Waals surface area contributed by atoms with Gasteiger partial charge in [0.2, 0.25) is 5.91 Å². The van der Waals surface area contributed by atoms with Crippen LogP contribution in [0.3, 0.4) is 0 Å². The third-order valence-electron chi connectivity index (χ3n) is 4.06. The molecule has 0 radical (unpaired) electrons. The Morgan fingerprint density at radius 3 is 3.00 bits per heavy atom. The summed E-state index contributed by atoms with van der Waals surface area (Å²) in [6.45, 7) is 2.39. The Morgan fingerprint density at radius 1 is 1.43 bits per heavy atom. The van der Waals surface area contributed by atoms with E-state index in [1.165, 1.54) is 22.2 Å². The molecule has 7 nitrogen and oxygen atoms in total. The summed E-state index contributed by atoms with van der Waals surface area (Å²) in [6.07, 6.45) is 3.87. The van der Waals surface area contributed by atoms with E-state index in [1.54, 1.807) is 14.0 Å². The zero-order valence-electron chi connectivity index (χ0n) is 13.0. The number of carbonyl (C=O) groups is 2. The van der Waals surface area contributed by atoms with Crippen LogP contribution >= 0.6 is 11.3 Å². The fourth-order valence-electron chi connectivity index (χ4n) is 2.73. The molecule has 0 aliphatic carbocycles. The average molecular weight is 334 g/mol. The van der Waals surface area contributed by atoms with Crippen LogP contribution in [0.25, 0.3) is 10.2 Å². The molecular formula is C15H18N4O3S. The van der Waals surface area contributed by atoms with E-state index >= 15 is 0 Å². The van der Waals surface area contributed by atoms with Crippen LogP contribution in [0.1, 0.15) is 34.5 Å². The minimum Gasteiger partial charge on any atom is -0.354 e. The van der Waals surface area contributed by atoms with Crippen LogP contribution in [0.4, 0.5) is 0 Å². The topological polar surface area (TPSA) is 93.1 Å². The van der Waals surface area contributed by atoms with Gasteiger partial charge >= 0.3 is 0 Å². The maximum atomic E-state index is 12.5. The molecule has 3 rings (SSSR count). The number of aryl methyl sites for hydroxylation is 2. The first-order valence-corrected chi connectivity index (χ1v) is 8.34. The molecule has 2 N–H and O–H groups in total. The smallest absolute Gasteiger partial charge is 0.262 e.